The fourth-order valence-electron chi connectivity index (χ4n) is 3.85. The molecule has 1 fully saturated rings. The summed E-state index contributed by atoms with van der Waals surface area (Å²) in [6.07, 6.45) is 3.45. The maximum Gasteiger partial charge on any atom is 0.227 e. The van der Waals surface area contributed by atoms with Crippen molar-refractivity contribution in [2.75, 3.05) is 18.4 Å². The van der Waals surface area contributed by atoms with E-state index in [-0.39, 0.29) is 17.6 Å². The van der Waals surface area contributed by atoms with Gasteiger partial charge < -0.3 is 5.32 Å². The van der Waals surface area contributed by atoms with Crippen molar-refractivity contribution in [3.63, 3.8) is 0 Å². The number of hydrogen-bond donors (Lipinski definition) is 1. The molecular weight excluding hydrogens is 339 g/mol. The average molecular weight is 368 g/mol. The van der Waals surface area contributed by atoms with Crippen LogP contribution in [0.4, 0.5) is 10.1 Å². The van der Waals surface area contributed by atoms with E-state index >= 15 is 0 Å². The van der Waals surface area contributed by atoms with Crippen molar-refractivity contribution in [3.05, 3.63) is 65.0 Å². The standard InChI is InChI=1S/C23H29FN2O/c1-3-17-9-7-10-18(4-2)22(17)25-23(27)19-12-14-26(15-13-19)16-20-8-5-6-11-21(20)24/h5-11,19H,3-4,12-16H2,1-2H3,(H,25,27). The number of benzene rings is 2. The van der Waals surface area contributed by atoms with Crippen LogP contribution in [0.1, 0.15) is 43.4 Å². The highest BCUT2D eigenvalue weighted by atomic mass is 19.1. The van der Waals surface area contributed by atoms with E-state index in [9.17, 15) is 9.18 Å². The van der Waals surface area contributed by atoms with Crippen molar-refractivity contribution in [1.29, 1.82) is 0 Å². The first kappa shape index (κ1) is 19.6. The molecule has 4 heteroatoms. The van der Waals surface area contributed by atoms with Gasteiger partial charge in [0.1, 0.15) is 5.82 Å². The topological polar surface area (TPSA) is 32.3 Å². The number of amides is 1. The number of anilines is 1. The highest BCUT2D eigenvalue weighted by Gasteiger charge is 2.26. The van der Waals surface area contributed by atoms with Crippen LogP contribution in [0.2, 0.25) is 0 Å². The number of nitrogens with zero attached hydrogens (tertiary/aromatic N) is 1. The summed E-state index contributed by atoms with van der Waals surface area (Å²) in [5.41, 5.74) is 4.12. The summed E-state index contributed by atoms with van der Waals surface area (Å²) < 4.78 is 13.8. The number of para-hydroxylation sites is 1. The lowest BCUT2D eigenvalue weighted by Gasteiger charge is -2.31. The number of likely N-dealkylation sites (tertiary alicyclic amines) is 1. The Bertz CT molecular complexity index is 759. The van der Waals surface area contributed by atoms with Crippen molar-refractivity contribution < 1.29 is 9.18 Å². The number of hydrogen-bond acceptors (Lipinski definition) is 2. The zero-order valence-corrected chi connectivity index (χ0v) is 16.3. The second-order valence-electron chi connectivity index (χ2n) is 7.29. The molecule has 27 heavy (non-hydrogen) atoms. The first-order valence-corrected chi connectivity index (χ1v) is 9.99. The third-order valence-electron chi connectivity index (χ3n) is 5.56. The van der Waals surface area contributed by atoms with Crippen LogP contribution in [0.15, 0.2) is 42.5 Å². The van der Waals surface area contributed by atoms with Crippen LogP contribution in [0.25, 0.3) is 0 Å². The third-order valence-corrected chi connectivity index (χ3v) is 5.56. The van der Waals surface area contributed by atoms with Crippen LogP contribution in [0.5, 0.6) is 0 Å². The number of carbonyl (C=O) groups excluding carboxylic acids is 1. The molecular formula is C23H29FN2O. The molecule has 0 bridgehead atoms. The van der Waals surface area contributed by atoms with Crippen LogP contribution in [-0.2, 0) is 24.2 Å². The Labute approximate surface area is 161 Å². The molecule has 0 atom stereocenters. The van der Waals surface area contributed by atoms with Gasteiger partial charge in [-0.2, -0.15) is 0 Å². The number of halogens is 1. The highest BCUT2D eigenvalue weighted by molar-refractivity contribution is 5.94. The zero-order chi connectivity index (χ0) is 19.2. The first-order valence-electron chi connectivity index (χ1n) is 9.99. The number of carbonyl (C=O) groups is 1. The summed E-state index contributed by atoms with van der Waals surface area (Å²) in [5, 5.41) is 3.21. The van der Waals surface area contributed by atoms with E-state index in [2.05, 4.69) is 42.3 Å². The summed E-state index contributed by atoms with van der Waals surface area (Å²) in [7, 11) is 0. The second-order valence-corrected chi connectivity index (χ2v) is 7.29. The van der Waals surface area contributed by atoms with Gasteiger partial charge in [-0.15, -0.1) is 0 Å². The van der Waals surface area contributed by atoms with Gasteiger partial charge in [0.15, 0.2) is 0 Å². The fraction of sp³-hybridized carbons (Fsp3) is 0.435. The van der Waals surface area contributed by atoms with E-state index in [0.717, 1.165) is 50.0 Å². The Morgan fingerprint density at radius 1 is 1.00 bits per heavy atom. The Hall–Kier alpha value is -2.20. The average Bonchev–Trinajstić information content (AvgIpc) is 2.70. The highest BCUT2D eigenvalue weighted by Crippen LogP contribution is 2.26. The van der Waals surface area contributed by atoms with Crippen molar-refractivity contribution >= 4 is 11.6 Å². The third kappa shape index (κ3) is 4.75. The number of piperidine rings is 1. The first-order chi connectivity index (χ1) is 13.1. The number of rotatable bonds is 6. The number of nitrogens with one attached hydrogen (secondary N) is 1. The van der Waals surface area contributed by atoms with Crippen LogP contribution in [0.3, 0.4) is 0 Å². The maximum absolute atomic E-state index is 13.8. The Morgan fingerprint density at radius 2 is 1.59 bits per heavy atom. The van der Waals surface area contributed by atoms with Gasteiger partial charge in [-0.3, -0.25) is 9.69 Å². The molecule has 0 radical (unpaired) electrons. The molecule has 3 rings (SSSR count). The van der Waals surface area contributed by atoms with Gasteiger partial charge in [-0.1, -0.05) is 50.2 Å². The van der Waals surface area contributed by atoms with Crippen LogP contribution >= 0.6 is 0 Å². The summed E-state index contributed by atoms with van der Waals surface area (Å²) in [6.45, 7) is 6.49. The molecule has 1 amide bonds. The minimum atomic E-state index is -0.152. The molecule has 1 N–H and O–H groups in total. The lowest BCUT2D eigenvalue weighted by atomic mass is 9.94. The SMILES string of the molecule is CCc1cccc(CC)c1NC(=O)C1CCN(Cc2ccccc2F)CC1. The minimum absolute atomic E-state index is 0.0245. The number of aryl methyl sites for hydroxylation is 2. The van der Waals surface area contributed by atoms with Crippen LogP contribution in [-0.4, -0.2) is 23.9 Å². The summed E-state index contributed by atoms with van der Waals surface area (Å²) in [5.74, 6) is -0.00624. The van der Waals surface area contributed by atoms with Crippen LogP contribution < -0.4 is 5.32 Å². The van der Waals surface area contributed by atoms with Gasteiger partial charge in [-0.25, -0.2) is 4.39 Å². The zero-order valence-electron chi connectivity index (χ0n) is 16.3. The summed E-state index contributed by atoms with van der Waals surface area (Å²) in [6, 6.07) is 13.2. The van der Waals surface area contributed by atoms with Crippen molar-refractivity contribution in [3.8, 4) is 0 Å². The van der Waals surface area contributed by atoms with Gasteiger partial charge in [0.2, 0.25) is 5.91 Å². The molecule has 0 spiro atoms. The van der Waals surface area contributed by atoms with E-state index in [1.165, 1.54) is 17.2 Å². The molecule has 1 aliphatic heterocycles. The Kier molecular flexibility index (Phi) is 6.62. The van der Waals surface area contributed by atoms with Gasteiger partial charge in [0, 0.05) is 23.7 Å². The monoisotopic (exact) mass is 368 g/mol. The molecule has 3 nitrogen and oxygen atoms in total. The van der Waals surface area contributed by atoms with E-state index in [4.69, 9.17) is 0 Å². The predicted octanol–water partition coefficient (Wildman–Crippen LogP) is 4.80. The van der Waals surface area contributed by atoms with E-state index in [1.807, 2.05) is 12.1 Å². The molecule has 2 aromatic carbocycles. The van der Waals surface area contributed by atoms with Crippen molar-refractivity contribution in [2.24, 2.45) is 5.92 Å². The minimum Gasteiger partial charge on any atom is -0.325 e. The lowest BCUT2D eigenvalue weighted by molar-refractivity contribution is -0.121. The maximum atomic E-state index is 13.8. The molecule has 2 aromatic rings. The lowest BCUT2D eigenvalue weighted by Crippen LogP contribution is -2.38. The normalized spacial score (nSPS) is 15.7. The molecule has 1 aliphatic rings. The molecule has 0 aromatic heterocycles. The molecule has 1 saturated heterocycles. The van der Waals surface area contributed by atoms with Crippen molar-refractivity contribution in [1.82, 2.24) is 4.90 Å². The smallest absolute Gasteiger partial charge is 0.227 e. The van der Waals surface area contributed by atoms with Gasteiger partial charge in [-0.05, 0) is 56.0 Å². The summed E-state index contributed by atoms with van der Waals surface area (Å²) >= 11 is 0. The molecule has 0 unspecified atom stereocenters. The summed E-state index contributed by atoms with van der Waals surface area (Å²) in [4.78, 5) is 15.1. The van der Waals surface area contributed by atoms with E-state index in [0.29, 0.717) is 6.54 Å². The Morgan fingerprint density at radius 3 is 2.19 bits per heavy atom. The second kappa shape index (κ2) is 9.14. The van der Waals surface area contributed by atoms with Gasteiger partial charge in [0.25, 0.3) is 0 Å². The molecule has 144 valence electrons. The van der Waals surface area contributed by atoms with Crippen LogP contribution in [0, 0.1) is 11.7 Å². The van der Waals surface area contributed by atoms with Crippen molar-refractivity contribution in [2.45, 2.75) is 46.1 Å². The predicted molar refractivity (Wildman–Crippen MR) is 108 cm³/mol. The Balaban J connectivity index is 1.59. The van der Waals surface area contributed by atoms with Gasteiger partial charge in [0.05, 0.1) is 0 Å². The van der Waals surface area contributed by atoms with E-state index in [1.54, 1.807) is 6.07 Å². The fourth-order valence-corrected chi connectivity index (χ4v) is 3.85. The molecule has 0 aliphatic carbocycles. The van der Waals surface area contributed by atoms with Gasteiger partial charge >= 0.3 is 0 Å². The quantitative estimate of drug-likeness (QED) is 0.794. The molecule has 0 saturated carbocycles. The molecule has 1 heterocycles. The largest absolute Gasteiger partial charge is 0.325 e. The van der Waals surface area contributed by atoms with E-state index < -0.39 is 0 Å².